The molecule has 0 bridgehead atoms. The van der Waals surface area contributed by atoms with Crippen LogP contribution in [0.1, 0.15) is 201 Å². The minimum absolute atomic E-state index is 0.0975. The Hall–Kier alpha value is -6.27. The lowest BCUT2D eigenvalue weighted by molar-refractivity contribution is -0.166. The van der Waals surface area contributed by atoms with Gasteiger partial charge in [-0.1, -0.05) is 246 Å². The highest BCUT2D eigenvalue weighted by molar-refractivity contribution is 5.72. The van der Waals surface area contributed by atoms with Gasteiger partial charge in [-0.25, -0.2) is 0 Å². The van der Waals surface area contributed by atoms with Gasteiger partial charge in [0.05, 0.1) is 6.42 Å². The van der Waals surface area contributed by atoms with E-state index in [0.29, 0.717) is 19.3 Å². The average molecular weight is 1080 g/mol. The van der Waals surface area contributed by atoms with Gasteiger partial charge in [0, 0.05) is 12.8 Å². The van der Waals surface area contributed by atoms with Gasteiger partial charge in [0.1, 0.15) is 13.2 Å². The minimum Gasteiger partial charge on any atom is -0.462 e. The average Bonchev–Trinajstić information content (AvgIpc) is 3.45. The summed E-state index contributed by atoms with van der Waals surface area (Å²) in [5.74, 6) is -1.18. The van der Waals surface area contributed by atoms with Gasteiger partial charge in [-0.15, -0.1) is 0 Å². The van der Waals surface area contributed by atoms with Gasteiger partial charge in [-0.05, 0) is 154 Å². The molecule has 0 fully saturated rings. The van der Waals surface area contributed by atoms with Crippen molar-refractivity contribution in [3.63, 3.8) is 0 Å². The van der Waals surface area contributed by atoms with Crippen molar-refractivity contribution < 1.29 is 28.6 Å². The molecule has 0 amide bonds. The van der Waals surface area contributed by atoms with E-state index in [0.717, 1.165) is 141 Å². The molecule has 79 heavy (non-hydrogen) atoms. The van der Waals surface area contributed by atoms with Crippen LogP contribution < -0.4 is 0 Å². The predicted octanol–water partition coefficient (Wildman–Crippen LogP) is 21.0. The SMILES string of the molecule is CC/C=C\C/C=C\C/C=C\C/C=C\C/C=C\C/C=C\C/C=C\CCCCCC(=O)OCC(COC(=O)C/C=C\C/C=C\C/C=C\C/C=C\C/C=C\CC)OC(=O)CCCC/C=C\C/C=C\C/C=C\C/C=C\C/C=C\C/C=C\CC. The molecule has 1 atom stereocenters. The Morgan fingerprint density at radius 3 is 0.823 bits per heavy atom. The maximum Gasteiger partial charge on any atom is 0.309 e. The van der Waals surface area contributed by atoms with Crippen molar-refractivity contribution >= 4 is 17.9 Å². The second-order valence-electron chi connectivity index (χ2n) is 18.8. The molecule has 0 aromatic heterocycles. The van der Waals surface area contributed by atoms with Crippen LogP contribution in [-0.2, 0) is 28.6 Å². The van der Waals surface area contributed by atoms with Crippen LogP contribution in [0.4, 0.5) is 0 Å². The Labute approximate surface area is 482 Å². The molecule has 0 saturated heterocycles. The topological polar surface area (TPSA) is 78.9 Å². The number of hydrogen-bond acceptors (Lipinski definition) is 6. The molecule has 0 aromatic carbocycles. The lowest BCUT2D eigenvalue weighted by Crippen LogP contribution is -2.30. The fourth-order valence-electron chi connectivity index (χ4n) is 7.08. The molecule has 0 radical (unpaired) electrons. The summed E-state index contributed by atoms with van der Waals surface area (Å²) in [6.45, 7) is 6.11. The number of allylic oxidation sites excluding steroid dienone is 35. The fourth-order valence-corrected chi connectivity index (χ4v) is 7.08. The molecule has 0 aromatic rings. The molecule has 0 rings (SSSR count). The van der Waals surface area contributed by atoms with Gasteiger partial charge in [-0.3, -0.25) is 14.4 Å². The fraction of sp³-hybridized carbons (Fsp3) is 0.466. The Morgan fingerprint density at radius 2 is 0.506 bits per heavy atom. The van der Waals surface area contributed by atoms with E-state index in [1.54, 1.807) is 6.08 Å². The smallest absolute Gasteiger partial charge is 0.309 e. The zero-order valence-corrected chi connectivity index (χ0v) is 49.5. The first-order chi connectivity index (χ1) is 39.0. The summed E-state index contributed by atoms with van der Waals surface area (Å²) in [4.78, 5) is 38.2. The number of rotatable bonds is 51. The number of unbranched alkanes of at least 4 members (excludes halogenated alkanes) is 5. The van der Waals surface area contributed by atoms with Gasteiger partial charge in [0.2, 0.25) is 0 Å². The van der Waals surface area contributed by atoms with Gasteiger partial charge in [0.15, 0.2) is 6.10 Å². The maximum absolute atomic E-state index is 12.9. The third-order valence-electron chi connectivity index (χ3n) is 11.5. The second-order valence-corrected chi connectivity index (χ2v) is 18.8. The van der Waals surface area contributed by atoms with E-state index in [9.17, 15) is 14.4 Å². The zero-order chi connectivity index (χ0) is 57.1. The molecule has 0 heterocycles. The number of carbonyl (C=O) groups excluding carboxylic acids is 3. The van der Waals surface area contributed by atoms with Crippen LogP contribution in [-0.4, -0.2) is 37.2 Å². The largest absolute Gasteiger partial charge is 0.462 e. The molecular formula is C73H106O6. The normalized spacial score (nSPS) is 13.7. The lowest BCUT2D eigenvalue weighted by Gasteiger charge is -2.18. The van der Waals surface area contributed by atoms with Crippen molar-refractivity contribution in [3.8, 4) is 0 Å². The number of carbonyl (C=O) groups is 3. The third kappa shape index (κ3) is 62.5. The predicted molar refractivity (Wildman–Crippen MR) is 343 cm³/mol. The summed E-state index contributed by atoms with van der Waals surface area (Å²) in [6, 6.07) is 0. The summed E-state index contributed by atoms with van der Waals surface area (Å²) >= 11 is 0. The molecular weight excluding hydrogens is 973 g/mol. The van der Waals surface area contributed by atoms with Crippen LogP contribution in [0, 0.1) is 0 Å². The van der Waals surface area contributed by atoms with E-state index >= 15 is 0 Å². The van der Waals surface area contributed by atoms with Crippen LogP contribution in [0.5, 0.6) is 0 Å². The van der Waals surface area contributed by atoms with Gasteiger partial charge in [0.25, 0.3) is 0 Å². The molecule has 0 aliphatic rings. The number of ether oxygens (including phenoxy) is 3. The lowest BCUT2D eigenvalue weighted by atomic mass is 10.1. The van der Waals surface area contributed by atoms with Crippen LogP contribution in [0.2, 0.25) is 0 Å². The molecule has 1 unspecified atom stereocenters. The van der Waals surface area contributed by atoms with Gasteiger partial charge in [-0.2, -0.15) is 0 Å². The van der Waals surface area contributed by atoms with Crippen LogP contribution in [0.3, 0.4) is 0 Å². The molecule has 0 N–H and O–H groups in total. The Balaban J connectivity index is 4.66. The van der Waals surface area contributed by atoms with E-state index in [2.05, 4.69) is 227 Å². The molecule has 434 valence electrons. The zero-order valence-electron chi connectivity index (χ0n) is 49.5. The Kier molecular flexibility index (Phi) is 59.2. The first-order valence-corrected chi connectivity index (χ1v) is 30.2. The minimum atomic E-state index is -0.872. The number of hydrogen-bond donors (Lipinski definition) is 0. The van der Waals surface area contributed by atoms with Crippen molar-refractivity contribution in [2.24, 2.45) is 0 Å². The molecule has 6 heteroatoms. The molecule has 0 aliphatic heterocycles. The van der Waals surface area contributed by atoms with E-state index in [4.69, 9.17) is 14.2 Å². The van der Waals surface area contributed by atoms with Crippen molar-refractivity contribution in [2.45, 2.75) is 207 Å². The summed E-state index contributed by atoms with van der Waals surface area (Å²) in [7, 11) is 0. The standard InChI is InChI=1S/C73H106O6/c1-4-7-10-13-16-19-22-25-28-30-32-34-35-36-37-39-40-42-45-48-51-54-57-60-63-66-72(75)78-69-70(68-77-71(74)65-62-59-56-53-50-47-44-27-24-21-18-15-12-9-6-3)79-73(76)67-64-61-58-55-52-49-46-43-41-38-33-31-29-26-23-20-17-14-11-8-5-2/h7-12,16-21,25-29,32-34,36-38,40,42-44,46,48,50-53,55,59,62,70H,4-6,13-15,22-24,30-31,35,39,41,45,47,49,54,56-58,60-61,63-69H2,1-3H3/b10-7-,11-8-,12-9-,19-16-,20-17-,21-18-,28-25-,29-26-,34-32-,37-36-,38-33-,42-40-,44-27-,46-43-,51-48-,53-50-,55-52-,62-59-. The van der Waals surface area contributed by atoms with Crippen molar-refractivity contribution in [1.82, 2.24) is 0 Å². The highest BCUT2D eigenvalue weighted by Crippen LogP contribution is 2.10. The van der Waals surface area contributed by atoms with Gasteiger partial charge < -0.3 is 14.2 Å². The van der Waals surface area contributed by atoms with Crippen molar-refractivity contribution in [2.75, 3.05) is 13.2 Å². The molecule has 0 saturated carbocycles. The summed E-state index contributed by atoms with van der Waals surface area (Å²) < 4.78 is 16.7. The van der Waals surface area contributed by atoms with Crippen LogP contribution >= 0.6 is 0 Å². The maximum atomic E-state index is 12.9. The monoisotopic (exact) mass is 1080 g/mol. The highest BCUT2D eigenvalue weighted by atomic mass is 16.6. The first-order valence-electron chi connectivity index (χ1n) is 30.2. The Bertz CT molecular complexity index is 2010. The van der Waals surface area contributed by atoms with Gasteiger partial charge >= 0.3 is 17.9 Å². The van der Waals surface area contributed by atoms with Crippen LogP contribution in [0.15, 0.2) is 219 Å². The summed E-state index contributed by atoms with van der Waals surface area (Å²) in [6.07, 6.45) is 101. The van der Waals surface area contributed by atoms with Crippen molar-refractivity contribution in [1.29, 1.82) is 0 Å². The first kappa shape index (κ1) is 72.7. The molecule has 0 aliphatic carbocycles. The molecule has 6 nitrogen and oxygen atoms in total. The van der Waals surface area contributed by atoms with Crippen molar-refractivity contribution in [3.05, 3.63) is 219 Å². The van der Waals surface area contributed by atoms with Crippen LogP contribution in [0.25, 0.3) is 0 Å². The summed E-state index contributed by atoms with van der Waals surface area (Å²) in [5, 5.41) is 0. The Morgan fingerprint density at radius 1 is 0.266 bits per heavy atom. The molecule has 0 spiro atoms. The highest BCUT2D eigenvalue weighted by Gasteiger charge is 2.19. The quantitative estimate of drug-likeness (QED) is 0.0261. The summed E-state index contributed by atoms with van der Waals surface area (Å²) in [5.41, 5.74) is 0. The van der Waals surface area contributed by atoms with E-state index < -0.39 is 18.0 Å². The van der Waals surface area contributed by atoms with E-state index in [1.165, 1.54) is 0 Å². The van der Waals surface area contributed by atoms with E-state index in [-0.39, 0.29) is 38.4 Å². The third-order valence-corrected chi connectivity index (χ3v) is 11.5. The van der Waals surface area contributed by atoms with E-state index in [1.807, 2.05) is 6.08 Å². The number of esters is 3. The second kappa shape index (κ2) is 64.3.